The topological polar surface area (TPSA) is 23.1 Å². The van der Waals surface area contributed by atoms with Crippen LogP contribution in [-0.4, -0.2) is 24.8 Å². The van der Waals surface area contributed by atoms with Crippen molar-refractivity contribution in [1.82, 2.24) is 0 Å². The Morgan fingerprint density at radius 3 is 1.47 bits per heavy atom. The first-order valence-corrected chi connectivity index (χ1v) is 6.68. The van der Waals surface area contributed by atoms with Crippen LogP contribution in [0.3, 0.4) is 0 Å². The summed E-state index contributed by atoms with van der Waals surface area (Å²) in [4.78, 5) is 0. The van der Waals surface area contributed by atoms with E-state index < -0.39 is 0 Å². The van der Waals surface area contributed by atoms with Gasteiger partial charge in [-0.25, -0.2) is 0 Å². The maximum Gasteiger partial charge on any atom is 0.0781 e. The van der Waals surface area contributed by atoms with E-state index in [1.54, 1.807) is 0 Å². The van der Waals surface area contributed by atoms with Crippen LogP contribution in [-0.2, 0) is 0 Å². The minimum Gasteiger partial charge on any atom is -0.633 e. The highest BCUT2D eigenvalue weighted by molar-refractivity contribution is 4.46. The number of rotatable bonds is 10. The van der Waals surface area contributed by atoms with Gasteiger partial charge in [0.1, 0.15) is 0 Å². The molecule has 0 saturated heterocycles. The van der Waals surface area contributed by atoms with Gasteiger partial charge >= 0.3 is 0 Å². The number of quaternary nitrogens is 1. The SMILES string of the molecule is CCCCCC[N+](C)([O-])CCCCCC. The monoisotopic (exact) mass is 215 g/mol. The van der Waals surface area contributed by atoms with Gasteiger partial charge in [-0.3, -0.25) is 0 Å². The van der Waals surface area contributed by atoms with Crippen molar-refractivity contribution in [1.29, 1.82) is 0 Å². The van der Waals surface area contributed by atoms with Crippen LogP contribution in [0.2, 0.25) is 0 Å². The minimum atomic E-state index is -0.0204. The molecule has 0 aliphatic rings. The van der Waals surface area contributed by atoms with Crippen molar-refractivity contribution in [2.24, 2.45) is 0 Å². The van der Waals surface area contributed by atoms with Crippen LogP contribution in [0, 0.1) is 5.21 Å². The summed E-state index contributed by atoms with van der Waals surface area (Å²) >= 11 is 0. The van der Waals surface area contributed by atoms with Gasteiger partial charge in [0.2, 0.25) is 0 Å². The van der Waals surface area contributed by atoms with Gasteiger partial charge in [0, 0.05) is 0 Å². The Balaban J connectivity index is 3.40. The van der Waals surface area contributed by atoms with E-state index in [2.05, 4.69) is 13.8 Å². The van der Waals surface area contributed by atoms with E-state index in [0.717, 1.165) is 25.9 Å². The van der Waals surface area contributed by atoms with Crippen molar-refractivity contribution in [3.05, 3.63) is 5.21 Å². The van der Waals surface area contributed by atoms with E-state index in [1.807, 2.05) is 7.05 Å². The van der Waals surface area contributed by atoms with Crippen molar-refractivity contribution < 1.29 is 4.65 Å². The predicted molar refractivity (Wildman–Crippen MR) is 67.6 cm³/mol. The Morgan fingerprint density at radius 2 is 1.13 bits per heavy atom. The van der Waals surface area contributed by atoms with Crippen molar-refractivity contribution in [3.8, 4) is 0 Å². The summed E-state index contributed by atoms with van der Waals surface area (Å²) < 4.78 is -0.0204. The lowest BCUT2D eigenvalue weighted by Gasteiger charge is -2.38. The standard InChI is InChI=1S/C13H29NO/c1-4-6-8-10-12-14(3,15)13-11-9-7-5-2/h4-13H2,1-3H3. The van der Waals surface area contributed by atoms with Crippen molar-refractivity contribution in [2.45, 2.75) is 65.2 Å². The quantitative estimate of drug-likeness (QED) is 0.306. The number of hydroxylamine groups is 3. The molecule has 0 aliphatic heterocycles. The predicted octanol–water partition coefficient (Wildman–Crippen LogP) is 4.09. The van der Waals surface area contributed by atoms with Gasteiger partial charge in [-0.05, 0) is 25.7 Å². The molecule has 0 saturated carbocycles. The zero-order valence-electron chi connectivity index (χ0n) is 10.9. The summed E-state index contributed by atoms with van der Waals surface area (Å²) in [5, 5.41) is 12.0. The fourth-order valence-corrected chi connectivity index (χ4v) is 1.86. The molecule has 0 aromatic rings. The molecule has 0 bridgehead atoms. The molecule has 0 aromatic carbocycles. The Hall–Kier alpha value is -0.0800. The van der Waals surface area contributed by atoms with Crippen LogP contribution in [0.5, 0.6) is 0 Å². The molecule has 0 amide bonds. The van der Waals surface area contributed by atoms with E-state index in [-0.39, 0.29) is 4.65 Å². The van der Waals surface area contributed by atoms with Crippen LogP contribution >= 0.6 is 0 Å². The van der Waals surface area contributed by atoms with Crippen molar-refractivity contribution in [3.63, 3.8) is 0 Å². The van der Waals surface area contributed by atoms with Gasteiger partial charge in [0.15, 0.2) is 0 Å². The van der Waals surface area contributed by atoms with E-state index in [1.165, 1.54) is 38.5 Å². The molecule has 0 radical (unpaired) electrons. The summed E-state index contributed by atoms with van der Waals surface area (Å²) in [7, 11) is 1.83. The molecule has 2 nitrogen and oxygen atoms in total. The van der Waals surface area contributed by atoms with Crippen molar-refractivity contribution in [2.75, 3.05) is 20.1 Å². The summed E-state index contributed by atoms with van der Waals surface area (Å²) in [6.07, 6.45) is 9.69. The van der Waals surface area contributed by atoms with Gasteiger partial charge < -0.3 is 9.85 Å². The molecule has 0 N–H and O–H groups in total. The molecule has 0 spiro atoms. The second-order valence-corrected chi connectivity index (χ2v) is 4.87. The molecule has 0 atom stereocenters. The number of hydrogen-bond donors (Lipinski definition) is 0. The van der Waals surface area contributed by atoms with Gasteiger partial charge in [0.05, 0.1) is 20.1 Å². The molecular weight excluding hydrogens is 186 g/mol. The van der Waals surface area contributed by atoms with E-state index in [0.29, 0.717) is 0 Å². The normalized spacial score (nSPS) is 12.0. The van der Waals surface area contributed by atoms with Crippen LogP contribution < -0.4 is 0 Å². The first-order chi connectivity index (χ1) is 7.12. The van der Waals surface area contributed by atoms with E-state index >= 15 is 0 Å². The van der Waals surface area contributed by atoms with Crippen LogP contribution in [0.4, 0.5) is 0 Å². The molecule has 0 fully saturated rings. The Bertz CT molecular complexity index is 120. The van der Waals surface area contributed by atoms with Gasteiger partial charge in [-0.1, -0.05) is 39.5 Å². The van der Waals surface area contributed by atoms with Gasteiger partial charge in [-0.15, -0.1) is 0 Å². The maximum absolute atomic E-state index is 12.0. The summed E-state index contributed by atoms with van der Waals surface area (Å²) in [6.45, 7) is 6.03. The van der Waals surface area contributed by atoms with E-state index in [4.69, 9.17) is 0 Å². The zero-order chi connectivity index (χ0) is 11.6. The summed E-state index contributed by atoms with van der Waals surface area (Å²) in [5.74, 6) is 0. The number of nitrogens with zero attached hydrogens (tertiary/aromatic N) is 1. The van der Waals surface area contributed by atoms with Gasteiger partial charge in [-0.2, -0.15) is 0 Å². The third kappa shape index (κ3) is 10.2. The smallest absolute Gasteiger partial charge is 0.0781 e. The maximum atomic E-state index is 12.0. The fraction of sp³-hybridized carbons (Fsp3) is 1.00. The van der Waals surface area contributed by atoms with Crippen LogP contribution in [0.25, 0.3) is 0 Å². The van der Waals surface area contributed by atoms with Crippen LogP contribution in [0.15, 0.2) is 0 Å². The second kappa shape index (κ2) is 9.17. The number of unbranched alkanes of at least 4 members (excludes halogenated alkanes) is 6. The molecule has 0 aliphatic carbocycles. The van der Waals surface area contributed by atoms with E-state index in [9.17, 15) is 5.21 Å². The average Bonchev–Trinajstić information content (AvgIpc) is 2.20. The highest BCUT2D eigenvalue weighted by Gasteiger charge is 2.08. The second-order valence-electron chi connectivity index (χ2n) is 4.87. The number of hydrogen-bond acceptors (Lipinski definition) is 1. The highest BCUT2D eigenvalue weighted by Crippen LogP contribution is 2.09. The van der Waals surface area contributed by atoms with Gasteiger partial charge in [0.25, 0.3) is 0 Å². The molecular formula is C13H29NO. The van der Waals surface area contributed by atoms with Crippen molar-refractivity contribution >= 4 is 0 Å². The molecule has 15 heavy (non-hydrogen) atoms. The lowest BCUT2D eigenvalue weighted by atomic mass is 10.2. The first kappa shape index (κ1) is 14.9. The zero-order valence-corrected chi connectivity index (χ0v) is 10.9. The fourth-order valence-electron chi connectivity index (χ4n) is 1.86. The Labute approximate surface area is 95.8 Å². The third-order valence-corrected chi connectivity index (χ3v) is 2.97. The lowest BCUT2D eigenvalue weighted by Crippen LogP contribution is -2.39. The molecule has 0 heterocycles. The molecule has 0 rings (SSSR count). The van der Waals surface area contributed by atoms with Crippen LogP contribution in [0.1, 0.15) is 65.2 Å². The summed E-state index contributed by atoms with van der Waals surface area (Å²) in [6, 6.07) is 0. The third-order valence-electron chi connectivity index (χ3n) is 2.97. The lowest BCUT2D eigenvalue weighted by molar-refractivity contribution is -0.861. The Kier molecular flexibility index (Phi) is 9.12. The average molecular weight is 215 g/mol. The first-order valence-electron chi connectivity index (χ1n) is 6.68. The highest BCUT2D eigenvalue weighted by atomic mass is 16.5. The largest absolute Gasteiger partial charge is 0.633 e. The molecule has 92 valence electrons. The summed E-state index contributed by atoms with van der Waals surface area (Å²) in [5.41, 5.74) is 0. The molecule has 0 unspecified atom stereocenters. The molecule has 2 heteroatoms. The Morgan fingerprint density at radius 1 is 0.733 bits per heavy atom. The molecule has 0 aromatic heterocycles. The minimum absolute atomic E-state index is 0.0204.